The van der Waals surface area contributed by atoms with Crippen LogP contribution >= 0.6 is 0 Å². The van der Waals surface area contributed by atoms with Crippen molar-refractivity contribution in [3.8, 4) is 0 Å². The second kappa shape index (κ2) is 9.43. The lowest BCUT2D eigenvalue weighted by Crippen LogP contribution is -2.46. The number of aryl methyl sites for hydroxylation is 1. The molecule has 1 saturated heterocycles. The molecule has 0 atom stereocenters. The molecule has 0 spiro atoms. The summed E-state index contributed by atoms with van der Waals surface area (Å²) in [5.41, 5.74) is 12.2. The third-order valence-corrected chi connectivity index (χ3v) is 5.85. The van der Waals surface area contributed by atoms with Crippen LogP contribution < -0.4 is 5.73 Å². The van der Waals surface area contributed by atoms with Crippen molar-refractivity contribution in [3.05, 3.63) is 71.6 Å². The molecule has 3 N–H and O–H groups in total. The summed E-state index contributed by atoms with van der Waals surface area (Å²) in [4.78, 5) is 9.57. The van der Waals surface area contributed by atoms with Gasteiger partial charge in [-0.2, -0.15) is 9.61 Å². The molecule has 4 rings (SSSR count). The number of aliphatic hydroxyl groups is 1. The van der Waals surface area contributed by atoms with Gasteiger partial charge in [0.05, 0.1) is 18.5 Å². The number of allylic oxidation sites excluding steroid dienone is 2. The van der Waals surface area contributed by atoms with E-state index >= 15 is 0 Å². The summed E-state index contributed by atoms with van der Waals surface area (Å²) in [6, 6.07) is 10.2. The third kappa shape index (κ3) is 4.69. The summed E-state index contributed by atoms with van der Waals surface area (Å²) in [5.74, 6) is 0.574. The highest BCUT2D eigenvalue weighted by atomic mass is 16.3. The van der Waals surface area contributed by atoms with Crippen molar-refractivity contribution in [1.29, 1.82) is 0 Å². The Balaban J connectivity index is 1.62. The molecule has 0 amide bonds. The van der Waals surface area contributed by atoms with Gasteiger partial charge in [0.1, 0.15) is 5.82 Å². The first-order valence-electron chi connectivity index (χ1n) is 10.7. The van der Waals surface area contributed by atoms with Crippen LogP contribution in [-0.4, -0.2) is 68.8 Å². The Bertz CT molecular complexity index is 1090. The highest BCUT2D eigenvalue weighted by Gasteiger charge is 2.18. The first-order chi connectivity index (χ1) is 15.1. The molecule has 3 aromatic rings. The van der Waals surface area contributed by atoms with Gasteiger partial charge in [-0.3, -0.25) is 9.80 Å². The number of anilines is 1. The summed E-state index contributed by atoms with van der Waals surface area (Å²) < 4.78 is 1.69. The van der Waals surface area contributed by atoms with Crippen molar-refractivity contribution < 1.29 is 5.11 Å². The molecule has 0 unspecified atom stereocenters. The van der Waals surface area contributed by atoms with Gasteiger partial charge in [0, 0.05) is 50.9 Å². The number of hydrogen-bond acceptors (Lipinski definition) is 6. The molecule has 0 aliphatic carbocycles. The van der Waals surface area contributed by atoms with Crippen molar-refractivity contribution in [3.63, 3.8) is 0 Å². The molecule has 1 fully saturated rings. The van der Waals surface area contributed by atoms with E-state index in [0.717, 1.165) is 67.3 Å². The highest BCUT2D eigenvalue weighted by molar-refractivity contribution is 5.92. The number of nitrogens with zero attached hydrogens (tertiary/aromatic N) is 5. The first-order valence-corrected chi connectivity index (χ1v) is 10.7. The maximum Gasteiger partial charge on any atom is 0.165 e. The zero-order valence-electron chi connectivity index (χ0n) is 18.0. The van der Waals surface area contributed by atoms with Crippen LogP contribution in [0.15, 0.2) is 49.2 Å². The van der Waals surface area contributed by atoms with E-state index in [-0.39, 0.29) is 6.61 Å². The van der Waals surface area contributed by atoms with Crippen LogP contribution in [0.5, 0.6) is 0 Å². The second-order valence-electron chi connectivity index (χ2n) is 7.97. The second-order valence-corrected chi connectivity index (χ2v) is 7.97. The van der Waals surface area contributed by atoms with Gasteiger partial charge in [-0.05, 0) is 29.7 Å². The fraction of sp³-hybridized carbons (Fsp3) is 0.333. The van der Waals surface area contributed by atoms with E-state index in [4.69, 9.17) is 15.8 Å². The number of rotatable bonds is 7. The summed E-state index contributed by atoms with van der Waals surface area (Å²) in [6.45, 7) is 11.6. The van der Waals surface area contributed by atoms with E-state index in [1.54, 1.807) is 4.52 Å². The van der Waals surface area contributed by atoms with Crippen molar-refractivity contribution in [1.82, 2.24) is 24.4 Å². The molecule has 1 aliphatic heterocycles. The summed E-state index contributed by atoms with van der Waals surface area (Å²) in [5, 5.41) is 13.6. The molecule has 2 aromatic heterocycles. The molecular weight excluding hydrogens is 388 g/mol. The van der Waals surface area contributed by atoms with Crippen LogP contribution in [0.4, 0.5) is 5.82 Å². The number of nitrogen functional groups attached to an aromatic ring is 1. The van der Waals surface area contributed by atoms with Gasteiger partial charge < -0.3 is 10.8 Å². The Morgan fingerprint density at radius 3 is 2.65 bits per heavy atom. The number of β-amino-alcohol motifs (C(OH)–C–C–N with tert-alkyl or cyclic N) is 1. The van der Waals surface area contributed by atoms with Gasteiger partial charge >= 0.3 is 0 Å². The van der Waals surface area contributed by atoms with E-state index < -0.39 is 0 Å². The zero-order valence-corrected chi connectivity index (χ0v) is 18.0. The van der Waals surface area contributed by atoms with E-state index in [1.165, 1.54) is 5.56 Å². The minimum absolute atomic E-state index is 0.209. The Kier molecular flexibility index (Phi) is 6.46. The lowest BCUT2D eigenvalue weighted by Gasteiger charge is -2.34. The third-order valence-electron chi connectivity index (χ3n) is 5.85. The smallest absolute Gasteiger partial charge is 0.165 e. The van der Waals surface area contributed by atoms with Gasteiger partial charge in [0.2, 0.25) is 0 Å². The first kappa shape index (κ1) is 21.2. The quantitative estimate of drug-likeness (QED) is 0.574. The lowest BCUT2D eigenvalue weighted by molar-refractivity contribution is 0.108. The number of aromatic nitrogens is 3. The summed E-state index contributed by atoms with van der Waals surface area (Å²) in [6.07, 6.45) is 5.76. The van der Waals surface area contributed by atoms with Crippen molar-refractivity contribution in [2.45, 2.75) is 13.5 Å². The number of benzene rings is 1. The topological polar surface area (TPSA) is 82.9 Å². The standard InChI is InChI=1S/C24H30N6O/c1-3-19(14-20-7-5-4-6-18(20)2)22-16-26-30-23(25)15-21(27-24(22)30)17-29-10-8-28(9-11-29)12-13-31/h3-7,14-16,31H,1,8-13,17,25H2,2H3/b19-14+. The summed E-state index contributed by atoms with van der Waals surface area (Å²) >= 11 is 0. The average molecular weight is 419 g/mol. The Morgan fingerprint density at radius 2 is 1.94 bits per heavy atom. The fourth-order valence-corrected chi connectivity index (χ4v) is 4.03. The number of nitrogens with two attached hydrogens (primary N) is 1. The van der Waals surface area contributed by atoms with E-state index in [2.05, 4.69) is 46.6 Å². The normalized spacial score (nSPS) is 16.1. The van der Waals surface area contributed by atoms with Crippen LogP contribution in [0.25, 0.3) is 17.3 Å². The number of fused-ring (bicyclic) bond motifs is 1. The van der Waals surface area contributed by atoms with Crippen molar-refractivity contribution >= 4 is 23.1 Å². The van der Waals surface area contributed by atoms with Crippen LogP contribution in [0.1, 0.15) is 22.4 Å². The minimum atomic E-state index is 0.209. The van der Waals surface area contributed by atoms with Crippen LogP contribution in [0, 0.1) is 6.92 Å². The number of hydrogen-bond donors (Lipinski definition) is 2. The maximum absolute atomic E-state index is 9.13. The van der Waals surface area contributed by atoms with E-state index in [9.17, 15) is 0 Å². The van der Waals surface area contributed by atoms with Crippen molar-refractivity contribution in [2.75, 3.05) is 45.1 Å². The average Bonchev–Trinajstić information content (AvgIpc) is 3.19. The Hall–Kier alpha value is -3.00. The van der Waals surface area contributed by atoms with Gasteiger partial charge in [-0.15, -0.1) is 0 Å². The van der Waals surface area contributed by atoms with E-state index in [0.29, 0.717) is 5.82 Å². The van der Waals surface area contributed by atoms with Gasteiger partial charge in [-0.1, -0.05) is 36.9 Å². The molecule has 7 nitrogen and oxygen atoms in total. The molecule has 1 aliphatic rings. The largest absolute Gasteiger partial charge is 0.395 e. The Morgan fingerprint density at radius 1 is 1.19 bits per heavy atom. The number of aliphatic hydroxyl groups excluding tert-OH is 1. The molecule has 31 heavy (non-hydrogen) atoms. The highest BCUT2D eigenvalue weighted by Crippen LogP contribution is 2.25. The van der Waals surface area contributed by atoms with E-state index in [1.807, 2.05) is 30.5 Å². The summed E-state index contributed by atoms with van der Waals surface area (Å²) in [7, 11) is 0. The van der Waals surface area contributed by atoms with Gasteiger partial charge in [0.25, 0.3) is 0 Å². The van der Waals surface area contributed by atoms with Crippen LogP contribution in [-0.2, 0) is 6.54 Å². The van der Waals surface area contributed by atoms with Crippen molar-refractivity contribution in [2.24, 2.45) is 0 Å². The SMILES string of the molecule is C=C/C(=C\c1ccccc1C)c1cnn2c(N)cc(CN3CCN(CCO)CC3)nc12. The molecule has 1 aromatic carbocycles. The molecule has 0 radical (unpaired) electrons. The predicted molar refractivity (Wildman–Crippen MR) is 125 cm³/mol. The maximum atomic E-state index is 9.13. The molecule has 0 saturated carbocycles. The number of piperazine rings is 1. The van der Waals surface area contributed by atoms with Gasteiger partial charge in [0.15, 0.2) is 5.65 Å². The monoisotopic (exact) mass is 418 g/mol. The molecule has 7 heteroatoms. The molecule has 0 bridgehead atoms. The fourth-order valence-electron chi connectivity index (χ4n) is 4.03. The van der Waals surface area contributed by atoms with Crippen LogP contribution in [0.3, 0.4) is 0 Å². The molecular formula is C24H30N6O. The molecule has 162 valence electrons. The predicted octanol–water partition coefficient (Wildman–Crippen LogP) is 2.46. The lowest BCUT2D eigenvalue weighted by atomic mass is 10.0. The Labute approximate surface area is 183 Å². The van der Waals surface area contributed by atoms with Gasteiger partial charge in [-0.25, -0.2) is 4.98 Å². The van der Waals surface area contributed by atoms with Crippen LogP contribution in [0.2, 0.25) is 0 Å². The zero-order chi connectivity index (χ0) is 21.8. The molecule has 3 heterocycles. The minimum Gasteiger partial charge on any atom is -0.395 e.